The first-order chi connectivity index (χ1) is 7.02. The monoisotopic (exact) mass is 215 g/mol. The number of aliphatic hydroxyl groups is 1. The van der Waals surface area contributed by atoms with Gasteiger partial charge in [-0.3, -0.25) is 4.79 Å². The highest BCUT2D eigenvalue weighted by Crippen LogP contribution is 2.16. The molecule has 0 aromatic carbocycles. The fourth-order valence-electron chi connectivity index (χ4n) is 1.38. The van der Waals surface area contributed by atoms with E-state index in [1.165, 1.54) is 6.92 Å². The van der Waals surface area contributed by atoms with Gasteiger partial charge in [-0.25, -0.2) is 0 Å². The van der Waals surface area contributed by atoms with Crippen molar-refractivity contribution in [3.05, 3.63) is 0 Å². The fraction of sp³-hybridized carbons (Fsp3) is 0.800. The number of hydrogen-bond donors (Lipinski definition) is 2. The van der Waals surface area contributed by atoms with Gasteiger partial charge in [0.1, 0.15) is 11.4 Å². The molecule has 2 N–H and O–H groups in total. The maximum atomic E-state index is 11.2. The Bertz CT molecular complexity index is 246. The number of amides is 1. The topological polar surface area (TPSA) is 75.6 Å². The average molecular weight is 215 g/mol. The Morgan fingerprint density at radius 2 is 2.20 bits per heavy atom. The van der Waals surface area contributed by atoms with Crippen molar-refractivity contribution in [3.8, 4) is 0 Å². The number of Topliss-reactive ketones (excluding diaryl/α,β-unsaturated/α-hetero) is 1. The van der Waals surface area contributed by atoms with E-state index in [2.05, 4.69) is 5.32 Å². The highest BCUT2D eigenvalue weighted by Gasteiger charge is 2.32. The van der Waals surface area contributed by atoms with E-state index in [1.807, 2.05) is 0 Å². The number of carbonyl (C=O) groups is 2. The standard InChI is InChI=1S/C10H17NO4/c1-8(12)2-3-9(13)11-6-10(14)4-5-15-7-10/h14H,2-7H2,1H3,(H,11,13). The van der Waals surface area contributed by atoms with Crippen LogP contribution >= 0.6 is 0 Å². The number of rotatable bonds is 5. The Kier molecular flexibility index (Phi) is 4.23. The second kappa shape index (κ2) is 5.23. The van der Waals surface area contributed by atoms with Gasteiger partial charge in [-0.1, -0.05) is 0 Å². The van der Waals surface area contributed by atoms with Gasteiger partial charge in [-0.15, -0.1) is 0 Å². The van der Waals surface area contributed by atoms with E-state index in [1.54, 1.807) is 0 Å². The van der Waals surface area contributed by atoms with Crippen molar-refractivity contribution in [2.75, 3.05) is 19.8 Å². The highest BCUT2D eigenvalue weighted by atomic mass is 16.5. The molecule has 1 rings (SSSR count). The number of hydrogen-bond acceptors (Lipinski definition) is 4. The van der Waals surface area contributed by atoms with Gasteiger partial charge in [0, 0.05) is 32.4 Å². The molecule has 0 radical (unpaired) electrons. The molecule has 1 heterocycles. The Morgan fingerprint density at radius 1 is 1.47 bits per heavy atom. The lowest BCUT2D eigenvalue weighted by molar-refractivity contribution is -0.125. The van der Waals surface area contributed by atoms with Gasteiger partial charge in [0.2, 0.25) is 5.91 Å². The Balaban J connectivity index is 2.18. The highest BCUT2D eigenvalue weighted by molar-refractivity contribution is 5.83. The molecule has 5 nitrogen and oxygen atoms in total. The summed E-state index contributed by atoms with van der Waals surface area (Å²) < 4.78 is 5.04. The van der Waals surface area contributed by atoms with Crippen LogP contribution in [0.2, 0.25) is 0 Å². The van der Waals surface area contributed by atoms with Gasteiger partial charge in [-0.05, 0) is 6.92 Å². The molecule has 1 fully saturated rings. The minimum absolute atomic E-state index is 0.00642. The van der Waals surface area contributed by atoms with Crippen molar-refractivity contribution >= 4 is 11.7 Å². The third kappa shape index (κ3) is 4.40. The SMILES string of the molecule is CC(=O)CCC(=O)NCC1(O)CCOC1. The second-order valence-corrected chi connectivity index (χ2v) is 4.01. The third-order valence-corrected chi connectivity index (χ3v) is 2.40. The Hall–Kier alpha value is -0.940. The molecule has 0 saturated carbocycles. The zero-order valence-corrected chi connectivity index (χ0v) is 8.91. The zero-order valence-electron chi connectivity index (χ0n) is 8.91. The molecule has 0 aromatic rings. The molecular formula is C10H17NO4. The molecule has 1 aliphatic rings. The van der Waals surface area contributed by atoms with Gasteiger partial charge >= 0.3 is 0 Å². The minimum Gasteiger partial charge on any atom is -0.386 e. The Labute approximate surface area is 88.8 Å². The number of ether oxygens (including phenoxy) is 1. The smallest absolute Gasteiger partial charge is 0.220 e. The second-order valence-electron chi connectivity index (χ2n) is 4.01. The summed E-state index contributed by atoms with van der Waals surface area (Å²) >= 11 is 0. The molecule has 0 spiro atoms. The van der Waals surface area contributed by atoms with Gasteiger partial charge in [0.25, 0.3) is 0 Å². The van der Waals surface area contributed by atoms with Crippen molar-refractivity contribution in [2.24, 2.45) is 0 Å². The summed E-state index contributed by atoms with van der Waals surface area (Å²) in [5.74, 6) is -0.210. The zero-order chi connectivity index (χ0) is 11.3. The molecule has 0 aliphatic carbocycles. The van der Waals surface area contributed by atoms with Crippen LogP contribution in [0.3, 0.4) is 0 Å². The van der Waals surface area contributed by atoms with Crippen LogP contribution in [0.1, 0.15) is 26.2 Å². The van der Waals surface area contributed by atoms with Crippen LogP contribution in [0.4, 0.5) is 0 Å². The number of nitrogens with one attached hydrogen (secondary N) is 1. The van der Waals surface area contributed by atoms with Crippen LogP contribution in [-0.2, 0) is 14.3 Å². The number of ketones is 1. The van der Waals surface area contributed by atoms with E-state index in [-0.39, 0.29) is 37.7 Å². The van der Waals surface area contributed by atoms with Crippen molar-refractivity contribution in [1.82, 2.24) is 5.32 Å². The van der Waals surface area contributed by atoms with Crippen molar-refractivity contribution in [2.45, 2.75) is 31.8 Å². The van der Waals surface area contributed by atoms with E-state index in [9.17, 15) is 14.7 Å². The van der Waals surface area contributed by atoms with Crippen LogP contribution in [0, 0.1) is 0 Å². The molecule has 1 amide bonds. The first-order valence-electron chi connectivity index (χ1n) is 5.08. The summed E-state index contributed by atoms with van der Waals surface area (Å²) in [6.07, 6.45) is 0.979. The van der Waals surface area contributed by atoms with Crippen molar-refractivity contribution < 1.29 is 19.4 Å². The van der Waals surface area contributed by atoms with Crippen molar-refractivity contribution in [3.63, 3.8) is 0 Å². The lowest BCUT2D eigenvalue weighted by Crippen LogP contribution is -2.43. The molecular weight excluding hydrogens is 198 g/mol. The lowest BCUT2D eigenvalue weighted by atomic mass is 10.0. The summed E-state index contributed by atoms with van der Waals surface area (Å²) in [5.41, 5.74) is -0.925. The van der Waals surface area contributed by atoms with Crippen LogP contribution in [0.15, 0.2) is 0 Å². The largest absolute Gasteiger partial charge is 0.386 e. The molecule has 86 valence electrons. The molecule has 1 unspecified atom stereocenters. The summed E-state index contributed by atoms with van der Waals surface area (Å²) in [5, 5.41) is 12.4. The molecule has 1 atom stereocenters. The van der Waals surface area contributed by atoms with Gasteiger partial charge < -0.3 is 20.0 Å². The molecule has 15 heavy (non-hydrogen) atoms. The molecule has 5 heteroatoms. The summed E-state index contributed by atoms with van der Waals surface area (Å²) in [7, 11) is 0. The van der Waals surface area contributed by atoms with Crippen LogP contribution in [0.25, 0.3) is 0 Å². The molecule has 0 aromatic heterocycles. The fourth-order valence-corrected chi connectivity index (χ4v) is 1.38. The first kappa shape index (κ1) is 12.1. The van der Waals surface area contributed by atoms with E-state index in [0.29, 0.717) is 13.0 Å². The molecule has 0 bridgehead atoms. The number of carbonyl (C=O) groups excluding carboxylic acids is 2. The quantitative estimate of drug-likeness (QED) is 0.655. The third-order valence-electron chi connectivity index (χ3n) is 2.40. The maximum Gasteiger partial charge on any atom is 0.220 e. The lowest BCUT2D eigenvalue weighted by Gasteiger charge is -2.20. The predicted octanol–water partition coefficient (Wildman–Crippen LogP) is -0.377. The molecule has 1 aliphatic heterocycles. The van der Waals surface area contributed by atoms with E-state index < -0.39 is 5.60 Å². The summed E-state index contributed by atoms with van der Waals surface area (Å²) in [4.78, 5) is 21.9. The normalized spacial score (nSPS) is 25.2. The Morgan fingerprint density at radius 3 is 2.73 bits per heavy atom. The minimum atomic E-state index is -0.925. The maximum absolute atomic E-state index is 11.2. The van der Waals surface area contributed by atoms with Gasteiger partial charge in [0.05, 0.1) is 6.61 Å². The van der Waals surface area contributed by atoms with E-state index in [0.717, 1.165) is 0 Å². The van der Waals surface area contributed by atoms with E-state index >= 15 is 0 Å². The van der Waals surface area contributed by atoms with E-state index in [4.69, 9.17) is 4.74 Å². The summed E-state index contributed by atoms with van der Waals surface area (Å²) in [6.45, 7) is 2.44. The predicted molar refractivity (Wildman–Crippen MR) is 53.3 cm³/mol. The van der Waals surface area contributed by atoms with Crippen LogP contribution in [-0.4, -0.2) is 42.2 Å². The van der Waals surface area contributed by atoms with Crippen LogP contribution < -0.4 is 5.32 Å². The summed E-state index contributed by atoms with van der Waals surface area (Å²) in [6, 6.07) is 0. The molecule has 1 saturated heterocycles. The van der Waals surface area contributed by atoms with Crippen molar-refractivity contribution in [1.29, 1.82) is 0 Å². The van der Waals surface area contributed by atoms with Gasteiger partial charge in [-0.2, -0.15) is 0 Å². The van der Waals surface area contributed by atoms with Gasteiger partial charge in [0.15, 0.2) is 0 Å². The van der Waals surface area contributed by atoms with Crippen LogP contribution in [0.5, 0.6) is 0 Å². The average Bonchev–Trinajstić information content (AvgIpc) is 2.60. The first-order valence-corrected chi connectivity index (χ1v) is 5.08.